The van der Waals surface area contributed by atoms with Gasteiger partial charge in [0.15, 0.2) is 11.5 Å². The third-order valence-corrected chi connectivity index (χ3v) is 4.68. The number of hydrogen-bond donors (Lipinski definition) is 1. The lowest BCUT2D eigenvalue weighted by molar-refractivity contribution is 0.0963. The van der Waals surface area contributed by atoms with Crippen molar-refractivity contribution >= 4 is 51.6 Å². The molecule has 1 amide bonds. The summed E-state index contributed by atoms with van der Waals surface area (Å²) in [7, 11) is 0. The Hall–Kier alpha value is -1.34. The van der Waals surface area contributed by atoms with Crippen LogP contribution in [0.15, 0.2) is 22.6 Å². The van der Waals surface area contributed by atoms with Crippen LogP contribution in [-0.2, 0) is 6.42 Å². The Morgan fingerprint density at radius 1 is 1.36 bits per heavy atom. The molecule has 1 heterocycles. The first-order valence-corrected chi connectivity index (χ1v) is 8.35. The topological polar surface area (TPSA) is 59.3 Å². The zero-order chi connectivity index (χ0) is 15.9. The fourth-order valence-corrected chi connectivity index (χ4v) is 3.54. The van der Waals surface area contributed by atoms with Crippen LogP contribution < -0.4 is 5.32 Å². The Morgan fingerprint density at radius 3 is 2.82 bits per heavy atom. The van der Waals surface area contributed by atoms with Gasteiger partial charge in [-0.2, -0.15) is 0 Å². The third kappa shape index (κ3) is 2.79. The summed E-state index contributed by atoms with van der Waals surface area (Å²) in [6.07, 6.45) is 1.97. The monoisotopic (exact) mass is 429 g/mol. The number of hydrogen-bond acceptors (Lipinski definition) is 3. The highest BCUT2D eigenvalue weighted by molar-refractivity contribution is 14.1. The van der Waals surface area contributed by atoms with Crippen LogP contribution in [0.25, 0.3) is 0 Å². The number of benzene rings is 1. The minimum absolute atomic E-state index is 0.0499. The first kappa shape index (κ1) is 15.6. The number of carbonyl (C=O) groups is 2. The van der Waals surface area contributed by atoms with Crippen molar-refractivity contribution in [3.05, 3.63) is 49.4 Å². The maximum atomic E-state index is 12.4. The lowest BCUT2D eigenvalue weighted by Crippen LogP contribution is -2.13. The molecule has 22 heavy (non-hydrogen) atoms. The standard InChI is InChI=1S/C16H13ClINO3/c1-8-14-12(20)3-2-4-13(14)22-15(8)16(21)19-11-6-5-9(18)7-10(11)17/h5-7H,2-4H2,1H3,(H,19,21). The van der Waals surface area contributed by atoms with Crippen LogP contribution >= 0.6 is 34.2 Å². The van der Waals surface area contributed by atoms with E-state index in [1.54, 1.807) is 19.1 Å². The molecule has 0 radical (unpaired) electrons. The zero-order valence-corrected chi connectivity index (χ0v) is 14.7. The van der Waals surface area contributed by atoms with Crippen LogP contribution in [0.3, 0.4) is 0 Å². The molecule has 0 unspecified atom stereocenters. The number of anilines is 1. The van der Waals surface area contributed by atoms with Gasteiger partial charge in [0, 0.05) is 22.0 Å². The van der Waals surface area contributed by atoms with E-state index in [1.807, 2.05) is 6.07 Å². The van der Waals surface area contributed by atoms with Gasteiger partial charge in [0.2, 0.25) is 0 Å². The number of nitrogens with one attached hydrogen (secondary N) is 1. The highest BCUT2D eigenvalue weighted by Crippen LogP contribution is 2.30. The molecule has 1 N–H and O–H groups in total. The van der Waals surface area contributed by atoms with Crippen LogP contribution in [0.1, 0.15) is 45.1 Å². The fraction of sp³-hybridized carbons (Fsp3) is 0.250. The molecular weight excluding hydrogens is 417 g/mol. The summed E-state index contributed by atoms with van der Waals surface area (Å²) >= 11 is 8.27. The molecule has 4 nitrogen and oxygen atoms in total. The van der Waals surface area contributed by atoms with E-state index in [0.717, 1.165) is 9.99 Å². The van der Waals surface area contributed by atoms with E-state index in [2.05, 4.69) is 27.9 Å². The van der Waals surface area contributed by atoms with E-state index >= 15 is 0 Å². The molecule has 1 aliphatic rings. The fourth-order valence-electron chi connectivity index (χ4n) is 2.64. The molecule has 0 atom stereocenters. The maximum Gasteiger partial charge on any atom is 0.291 e. The van der Waals surface area contributed by atoms with Crippen LogP contribution in [-0.4, -0.2) is 11.7 Å². The number of carbonyl (C=O) groups excluding carboxylic acids is 2. The summed E-state index contributed by atoms with van der Waals surface area (Å²) in [6, 6.07) is 5.36. The number of rotatable bonds is 2. The van der Waals surface area contributed by atoms with Gasteiger partial charge < -0.3 is 9.73 Å². The van der Waals surface area contributed by atoms with E-state index in [1.165, 1.54) is 0 Å². The van der Waals surface area contributed by atoms with Crippen molar-refractivity contribution in [1.29, 1.82) is 0 Å². The number of aryl methyl sites for hydroxylation is 1. The second-order valence-corrected chi connectivity index (χ2v) is 6.86. The van der Waals surface area contributed by atoms with Crippen molar-refractivity contribution in [3.8, 4) is 0 Å². The van der Waals surface area contributed by atoms with Crippen molar-refractivity contribution in [2.24, 2.45) is 0 Å². The van der Waals surface area contributed by atoms with Gasteiger partial charge in [-0.15, -0.1) is 0 Å². The van der Waals surface area contributed by atoms with Crippen LogP contribution in [0.5, 0.6) is 0 Å². The zero-order valence-electron chi connectivity index (χ0n) is 11.8. The van der Waals surface area contributed by atoms with Crippen molar-refractivity contribution in [2.45, 2.75) is 26.2 Å². The van der Waals surface area contributed by atoms with Gasteiger partial charge in [-0.3, -0.25) is 9.59 Å². The van der Waals surface area contributed by atoms with Gasteiger partial charge in [0.25, 0.3) is 5.91 Å². The number of Topliss-reactive ketones (excluding diaryl/α,β-unsaturated/α-hetero) is 1. The van der Waals surface area contributed by atoms with E-state index in [0.29, 0.717) is 40.4 Å². The molecule has 6 heteroatoms. The summed E-state index contributed by atoms with van der Waals surface area (Å²) < 4.78 is 6.61. The average molecular weight is 430 g/mol. The number of halogens is 2. The largest absolute Gasteiger partial charge is 0.455 e. The van der Waals surface area contributed by atoms with E-state index < -0.39 is 0 Å². The van der Waals surface area contributed by atoms with Crippen molar-refractivity contribution < 1.29 is 14.0 Å². The predicted octanol–water partition coefficient (Wildman–Crippen LogP) is 4.62. The Labute approximate surface area is 146 Å². The normalized spacial score (nSPS) is 13.9. The molecular formula is C16H13ClINO3. The minimum Gasteiger partial charge on any atom is -0.455 e. The van der Waals surface area contributed by atoms with E-state index in [-0.39, 0.29) is 17.5 Å². The van der Waals surface area contributed by atoms with Crippen molar-refractivity contribution in [1.82, 2.24) is 0 Å². The summed E-state index contributed by atoms with van der Waals surface area (Å²) in [5.74, 6) is 0.471. The first-order chi connectivity index (χ1) is 10.5. The predicted molar refractivity (Wildman–Crippen MR) is 92.8 cm³/mol. The summed E-state index contributed by atoms with van der Waals surface area (Å²) in [5, 5.41) is 3.20. The van der Waals surface area contributed by atoms with Crippen LogP contribution in [0.4, 0.5) is 5.69 Å². The maximum absolute atomic E-state index is 12.4. The van der Waals surface area contributed by atoms with Gasteiger partial charge in [-0.1, -0.05) is 11.6 Å². The highest BCUT2D eigenvalue weighted by Gasteiger charge is 2.28. The van der Waals surface area contributed by atoms with Gasteiger partial charge in [-0.05, 0) is 54.1 Å². The smallest absolute Gasteiger partial charge is 0.291 e. The van der Waals surface area contributed by atoms with E-state index in [9.17, 15) is 9.59 Å². The lowest BCUT2D eigenvalue weighted by atomic mass is 9.94. The first-order valence-electron chi connectivity index (χ1n) is 6.89. The Balaban J connectivity index is 1.91. The molecule has 1 aromatic heterocycles. The summed E-state index contributed by atoms with van der Waals surface area (Å²) in [5.41, 5.74) is 1.70. The molecule has 3 rings (SSSR count). The number of ketones is 1. The minimum atomic E-state index is -0.386. The molecule has 0 saturated carbocycles. The van der Waals surface area contributed by atoms with Gasteiger partial charge in [0.1, 0.15) is 5.76 Å². The average Bonchev–Trinajstić information content (AvgIpc) is 2.80. The molecule has 1 aromatic carbocycles. The second-order valence-electron chi connectivity index (χ2n) is 5.21. The van der Waals surface area contributed by atoms with Gasteiger partial charge in [-0.25, -0.2) is 0 Å². The molecule has 0 spiro atoms. The molecule has 0 fully saturated rings. The summed E-state index contributed by atoms with van der Waals surface area (Å²) in [6.45, 7) is 1.75. The number of fused-ring (bicyclic) bond motifs is 1. The Bertz CT molecular complexity index is 782. The highest BCUT2D eigenvalue weighted by atomic mass is 127. The molecule has 0 saturated heterocycles. The summed E-state index contributed by atoms with van der Waals surface area (Å²) in [4.78, 5) is 24.4. The number of amides is 1. The van der Waals surface area contributed by atoms with Crippen LogP contribution in [0.2, 0.25) is 5.02 Å². The molecule has 1 aliphatic carbocycles. The molecule has 114 valence electrons. The molecule has 2 aromatic rings. The molecule has 0 bridgehead atoms. The third-order valence-electron chi connectivity index (χ3n) is 3.69. The van der Waals surface area contributed by atoms with Crippen molar-refractivity contribution in [3.63, 3.8) is 0 Å². The van der Waals surface area contributed by atoms with Gasteiger partial charge >= 0.3 is 0 Å². The quantitative estimate of drug-likeness (QED) is 0.709. The Kier molecular flexibility index (Phi) is 4.27. The molecule has 0 aliphatic heterocycles. The lowest BCUT2D eigenvalue weighted by Gasteiger charge is -2.07. The van der Waals surface area contributed by atoms with Crippen molar-refractivity contribution in [2.75, 3.05) is 5.32 Å². The number of furan rings is 1. The van der Waals surface area contributed by atoms with Crippen LogP contribution in [0, 0.1) is 10.5 Å². The van der Waals surface area contributed by atoms with Gasteiger partial charge in [0.05, 0.1) is 16.3 Å². The Morgan fingerprint density at radius 2 is 2.14 bits per heavy atom. The van der Waals surface area contributed by atoms with E-state index in [4.69, 9.17) is 16.0 Å². The SMILES string of the molecule is Cc1c(C(=O)Nc2ccc(I)cc2Cl)oc2c1C(=O)CCC2. The second kappa shape index (κ2) is 6.04.